The number of fused-ring (bicyclic) bond motifs is 1. The zero-order valence-corrected chi connectivity index (χ0v) is 19.7. The standard InChI is InChI=1S/C22H25ClFN3OS2/c1-15-5-10-18(23)21-20(15)25-22(30-21)27(13-4-12-26(2)3)19(28)11-14-29-17-8-6-16(24)7-9-17/h5-10H,4,11-14H2,1-3H3. The molecule has 8 heteroatoms. The molecule has 0 aliphatic carbocycles. The minimum absolute atomic E-state index is 0.0381. The van der Waals surface area contributed by atoms with Crippen LogP contribution >= 0.6 is 34.7 Å². The second kappa shape index (κ2) is 10.6. The summed E-state index contributed by atoms with van der Waals surface area (Å²) < 4.78 is 14.0. The number of thioether (sulfide) groups is 1. The van der Waals surface area contributed by atoms with E-state index in [0.29, 0.717) is 28.9 Å². The fraction of sp³-hybridized carbons (Fsp3) is 0.364. The van der Waals surface area contributed by atoms with Gasteiger partial charge in [0.2, 0.25) is 5.91 Å². The number of nitrogens with zero attached hydrogens (tertiary/aromatic N) is 3. The molecule has 1 heterocycles. The molecule has 1 aromatic heterocycles. The summed E-state index contributed by atoms with van der Waals surface area (Å²) in [5.74, 6) is 0.405. The lowest BCUT2D eigenvalue weighted by atomic mass is 10.2. The molecule has 3 rings (SSSR count). The number of halogens is 2. The molecule has 0 aliphatic rings. The fourth-order valence-corrected chi connectivity index (χ4v) is 5.20. The second-order valence-electron chi connectivity index (χ2n) is 7.29. The predicted octanol–water partition coefficient (Wildman–Crippen LogP) is 5.86. The van der Waals surface area contributed by atoms with Crippen molar-refractivity contribution in [1.29, 1.82) is 0 Å². The van der Waals surface area contributed by atoms with Crippen LogP contribution in [0.25, 0.3) is 10.2 Å². The normalized spacial score (nSPS) is 11.4. The number of carbonyl (C=O) groups excluding carboxylic acids is 1. The SMILES string of the molecule is Cc1ccc(Cl)c2sc(N(CCCN(C)C)C(=O)CCSc3ccc(F)cc3)nc12. The molecule has 0 aliphatic heterocycles. The summed E-state index contributed by atoms with van der Waals surface area (Å²) in [7, 11) is 4.04. The Balaban J connectivity index is 1.74. The first-order chi connectivity index (χ1) is 14.3. The van der Waals surface area contributed by atoms with Gasteiger partial charge in [0.15, 0.2) is 5.13 Å². The monoisotopic (exact) mass is 465 g/mol. The largest absolute Gasteiger partial charge is 0.309 e. The number of thiazole rings is 1. The van der Waals surface area contributed by atoms with Crippen molar-refractivity contribution in [2.45, 2.75) is 24.7 Å². The van der Waals surface area contributed by atoms with Gasteiger partial charge in [-0.1, -0.05) is 29.0 Å². The number of aryl methyl sites for hydroxylation is 1. The number of carbonyl (C=O) groups is 1. The Bertz CT molecular complexity index is 969. The Hall–Kier alpha value is -1.67. The van der Waals surface area contributed by atoms with Crippen molar-refractivity contribution in [3.63, 3.8) is 0 Å². The van der Waals surface area contributed by atoms with Gasteiger partial charge in [0.05, 0.1) is 15.2 Å². The molecule has 0 radical (unpaired) electrons. The van der Waals surface area contributed by atoms with Crippen molar-refractivity contribution in [3.8, 4) is 0 Å². The van der Waals surface area contributed by atoms with Crippen molar-refractivity contribution in [1.82, 2.24) is 9.88 Å². The van der Waals surface area contributed by atoms with Crippen LogP contribution in [0.1, 0.15) is 18.4 Å². The summed E-state index contributed by atoms with van der Waals surface area (Å²) in [6, 6.07) is 10.2. The molecule has 0 saturated heterocycles. The van der Waals surface area contributed by atoms with Crippen LogP contribution in [0.3, 0.4) is 0 Å². The maximum absolute atomic E-state index is 13.1. The first-order valence-electron chi connectivity index (χ1n) is 9.74. The summed E-state index contributed by atoms with van der Waals surface area (Å²) in [4.78, 5) is 22.7. The molecule has 160 valence electrons. The molecule has 0 fully saturated rings. The van der Waals surface area contributed by atoms with Crippen molar-refractivity contribution in [3.05, 3.63) is 52.8 Å². The van der Waals surface area contributed by atoms with Gasteiger partial charge in [-0.3, -0.25) is 9.69 Å². The Morgan fingerprint density at radius 1 is 1.17 bits per heavy atom. The Labute approximate surface area is 190 Å². The number of benzene rings is 2. The van der Waals surface area contributed by atoms with E-state index < -0.39 is 0 Å². The Morgan fingerprint density at radius 2 is 1.90 bits per heavy atom. The number of amides is 1. The van der Waals surface area contributed by atoms with Gasteiger partial charge in [0.25, 0.3) is 0 Å². The van der Waals surface area contributed by atoms with E-state index in [2.05, 4.69) is 4.90 Å². The van der Waals surface area contributed by atoms with E-state index in [-0.39, 0.29) is 11.7 Å². The van der Waals surface area contributed by atoms with E-state index in [4.69, 9.17) is 16.6 Å². The highest BCUT2D eigenvalue weighted by Gasteiger charge is 2.21. The van der Waals surface area contributed by atoms with Crippen molar-refractivity contribution < 1.29 is 9.18 Å². The third-order valence-electron chi connectivity index (χ3n) is 4.60. The molecular weight excluding hydrogens is 441 g/mol. The number of rotatable bonds is 9. The zero-order chi connectivity index (χ0) is 21.7. The molecule has 0 spiro atoms. The fourth-order valence-electron chi connectivity index (χ4n) is 3.00. The topological polar surface area (TPSA) is 36.4 Å². The smallest absolute Gasteiger partial charge is 0.229 e. The second-order valence-corrected chi connectivity index (χ2v) is 9.85. The molecule has 30 heavy (non-hydrogen) atoms. The molecule has 4 nitrogen and oxygen atoms in total. The summed E-state index contributed by atoms with van der Waals surface area (Å²) in [5, 5.41) is 1.35. The van der Waals surface area contributed by atoms with Gasteiger partial charge in [0.1, 0.15) is 5.82 Å². The molecule has 1 amide bonds. The lowest BCUT2D eigenvalue weighted by Crippen LogP contribution is -2.33. The van der Waals surface area contributed by atoms with Crippen molar-refractivity contribution in [2.24, 2.45) is 0 Å². The maximum atomic E-state index is 13.1. The van der Waals surface area contributed by atoms with Crippen LogP contribution in [-0.2, 0) is 4.79 Å². The quantitative estimate of drug-likeness (QED) is 0.370. The third-order valence-corrected chi connectivity index (χ3v) is 7.16. The Kier molecular flexibility index (Phi) is 8.11. The van der Waals surface area contributed by atoms with Gasteiger partial charge in [-0.2, -0.15) is 0 Å². The molecule has 0 bridgehead atoms. The molecule has 0 N–H and O–H groups in total. The van der Waals surface area contributed by atoms with Gasteiger partial charge in [-0.15, -0.1) is 11.8 Å². The maximum Gasteiger partial charge on any atom is 0.229 e. The first kappa shape index (κ1) is 23.0. The lowest BCUT2D eigenvalue weighted by Gasteiger charge is -2.21. The van der Waals surface area contributed by atoms with Gasteiger partial charge < -0.3 is 4.90 Å². The average Bonchev–Trinajstić information content (AvgIpc) is 3.16. The van der Waals surface area contributed by atoms with Gasteiger partial charge in [0, 0.05) is 23.6 Å². The van der Waals surface area contributed by atoms with Crippen LogP contribution < -0.4 is 4.90 Å². The van der Waals surface area contributed by atoms with Crippen LogP contribution in [0, 0.1) is 12.7 Å². The predicted molar refractivity (Wildman–Crippen MR) is 127 cm³/mol. The van der Waals surface area contributed by atoms with Crippen molar-refractivity contribution >= 4 is 56.0 Å². The third kappa shape index (κ3) is 5.94. The summed E-state index contributed by atoms with van der Waals surface area (Å²) in [6.07, 6.45) is 1.24. The van der Waals surface area contributed by atoms with Gasteiger partial charge in [-0.25, -0.2) is 9.37 Å². The Morgan fingerprint density at radius 3 is 2.57 bits per heavy atom. The highest BCUT2D eigenvalue weighted by atomic mass is 35.5. The van der Waals surface area contributed by atoms with Crippen LogP contribution in [0.5, 0.6) is 0 Å². The van der Waals surface area contributed by atoms with Crippen molar-refractivity contribution in [2.75, 3.05) is 37.8 Å². The van der Waals surface area contributed by atoms with E-state index in [0.717, 1.165) is 33.6 Å². The van der Waals surface area contributed by atoms with E-state index in [9.17, 15) is 9.18 Å². The zero-order valence-electron chi connectivity index (χ0n) is 17.3. The van der Waals surface area contributed by atoms with Crippen LogP contribution in [-0.4, -0.2) is 48.7 Å². The molecule has 0 unspecified atom stereocenters. The van der Waals surface area contributed by atoms with E-state index >= 15 is 0 Å². The number of hydrogen-bond donors (Lipinski definition) is 0. The van der Waals surface area contributed by atoms with Crippen LogP contribution in [0.15, 0.2) is 41.3 Å². The number of aromatic nitrogens is 1. The summed E-state index contributed by atoms with van der Waals surface area (Å²) in [5.41, 5.74) is 1.90. The van der Waals surface area contributed by atoms with Gasteiger partial charge >= 0.3 is 0 Å². The molecule has 2 aromatic carbocycles. The molecular formula is C22H25ClFN3OS2. The van der Waals surface area contributed by atoms with Gasteiger partial charge in [-0.05, 0) is 69.9 Å². The minimum Gasteiger partial charge on any atom is -0.309 e. The van der Waals surface area contributed by atoms with Crippen LogP contribution in [0.4, 0.5) is 9.52 Å². The number of hydrogen-bond acceptors (Lipinski definition) is 5. The summed E-state index contributed by atoms with van der Waals surface area (Å²) in [6.45, 7) is 3.49. The minimum atomic E-state index is -0.257. The first-order valence-corrected chi connectivity index (χ1v) is 11.9. The molecule has 3 aromatic rings. The number of anilines is 1. The van der Waals surface area contributed by atoms with E-state index in [1.807, 2.05) is 33.2 Å². The van der Waals surface area contributed by atoms with E-state index in [1.165, 1.54) is 23.5 Å². The highest BCUT2D eigenvalue weighted by Crippen LogP contribution is 2.36. The molecule has 0 saturated carbocycles. The molecule has 0 atom stereocenters. The lowest BCUT2D eigenvalue weighted by molar-refractivity contribution is -0.118. The van der Waals surface area contributed by atoms with Crippen LogP contribution in [0.2, 0.25) is 5.02 Å². The highest BCUT2D eigenvalue weighted by molar-refractivity contribution is 7.99. The average molecular weight is 466 g/mol. The summed E-state index contributed by atoms with van der Waals surface area (Å²) >= 11 is 9.38. The van der Waals surface area contributed by atoms with E-state index in [1.54, 1.807) is 28.8 Å².